The van der Waals surface area contributed by atoms with Crippen molar-refractivity contribution < 1.29 is 29.6 Å². The molecule has 4 atom stereocenters. The summed E-state index contributed by atoms with van der Waals surface area (Å²) in [6.07, 6.45) is -2.50. The Morgan fingerprint density at radius 3 is 2.25 bits per heavy atom. The molecule has 174 valence electrons. The van der Waals surface area contributed by atoms with E-state index < -0.39 is 42.8 Å². The molecule has 1 saturated heterocycles. The molecule has 0 spiro atoms. The van der Waals surface area contributed by atoms with E-state index >= 15 is 0 Å². The third-order valence-corrected chi connectivity index (χ3v) is 5.43. The summed E-state index contributed by atoms with van der Waals surface area (Å²) in [5.41, 5.74) is 1.89. The molecular weight excluding hydrogens is 414 g/mol. The highest BCUT2D eigenvalue weighted by molar-refractivity contribution is 6.06. The zero-order chi connectivity index (χ0) is 23.8. The van der Waals surface area contributed by atoms with Crippen LogP contribution in [0.4, 0.5) is 5.69 Å². The summed E-state index contributed by atoms with van der Waals surface area (Å²) >= 11 is 0. The fourth-order valence-corrected chi connectivity index (χ4v) is 3.63. The van der Waals surface area contributed by atoms with E-state index in [1.807, 2.05) is 30.3 Å². The van der Waals surface area contributed by atoms with E-state index in [4.69, 9.17) is 9.84 Å². The Balaban J connectivity index is 2.22. The third kappa shape index (κ3) is 5.65. The molecule has 4 N–H and O–H groups in total. The molecule has 2 rings (SSSR count). The van der Waals surface area contributed by atoms with Gasteiger partial charge in [-0.05, 0) is 43.0 Å². The summed E-state index contributed by atoms with van der Waals surface area (Å²) < 4.78 is 4.85. The minimum absolute atomic E-state index is 0.226. The topological polar surface area (TPSA) is 143 Å². The normalized spacial score (nSPS) is 23.6. The van der Waals surface area contributed by atoms with Gasteiger partial charge in [0.25, 0.3) is 5.91 Å². The van der Waals surface area contributed by atoms with Crippen LogP contribution in [0.5, 0.6) is 0 Å². The van der Waals surface area contributed by atoms with Gasteiger partial charge in [-0.1, -0.05) is 26.0 Å². The second-order valence-electron chi connectivity index (χ2n) is 7.74. The number of rotatable bonds is 9. The van der Waals surface area contributed by atoms with Gasteiger partial charge < -0.3 is 30.3 Å². The number of esters is 1. The Morgan fingerprint density at radius 2 is 1.75 bits per heavy atom. The first-order chi connectivity index (χ1) is 15.3. The van der Waals surface area contributed by atoms with Gasteiger partial charge in [0.05, 0.1) is 6.61 Å². The van der Waals surface area contributed by atoms with Crippen molar-refractivity contribution in [2.75, 3.05) is 24.6 Å². The van der Waals surface area contributed by atoms with E-state index in [1.165, 1.54) is 0 Å². The number of hydrogen-bond acceptors (Lipinski definition) is 8. The zero-order valence-corrected chi connectivity index (χ0v) is 18.6. The first-order valence-electron chi connectivity index (χ1n) is 10.7. The highest BCUT2D eigenvalue weighted by Crippen LogP contribution is 2.24. The molecule has 0 unspecified atom stereocenters. The lowest BCUT2D eigenvalue weighted by Gasteiger charge is -2.35. The Labute approximate surface area is 187 Å². The van der Waals surface area contributed by atoms with Gasteiger partial charge in [0.2, 0.25) is 0 Å². The molecule has 9 nitrogen and oxygen atoms in total. The van der Waals surface area contributed by atoms with Crippen LogP contribution in [0.2, 0.25) is 0 Å². The van der Waals surface area contributed by atoms with Crippen molar-refractivity contribution in [2.45, 2.75) is 58.0 Å². The Bertz CT molecular complexity index is 871. The van der Waals surface area contributed by atoms with Crippen molar-refractivity contribution in [2.24, 2.45) is 0 Å². The predicted octanol–water partition coefficient (Wildman–Crippen LogP) is 0.734. The molecule has 0 saturated carbocycles. The molecule has 0 bridgehead atoms. The molecule has 32 heavy (non-hydrogen) atoms. The van der Waals surface area contributed by atoms with Gasteiger partial charge in [-0.2, -0.15) is 5.26 Å². The summed E-state index contributed by atoms with van der Waals surface area (Å²) in [5.74, 6) is -1.87. The van der Waals surface area contributed by atoms with Gasteiger partial charge >= 0.3 is 5.97 Å². The largest absolute Gasteiger partial charge is 0.455 e. The molecule has 1 aromatic carbocycles. The van der Waals surface area contributed by atoms with Crippen molar-refractivity contribution in [3.05, 3.63) is 35.4 Å². The number of aliphatic hydroxyl groups is 3. The minimum Gasteiger partial charge on any atom is -0.455 e. The number of aliphatic hydroxyl groups excluding tert-OH is 3. The standard InChI is InChI=1S/C23H31N3O6/c1-4-10-26(11-5-2)16-8-6-15(7-9-16)14(3)17(12-24)22(30)25-19-21(29)20(28)18(13-27)32-23(19)31/h6-9,18-21,27-29H,4-5,10-11,13H2,1-3H3,(H,25,30)/b17-14+/t18-,19-,20-,21-/m1/s1. The summed E-state index contributed by atoms with van der Waals surface area (Å²) in [4.78, 5) is 27.1. The van der Waals surface area contributed by atoms with Crippen molar-refractivity contribution in [1.82, 2.24) is 5.32 Å². The minimum atomic E-state index is -1.68. The molecule has 0 aliphatic carbocycles. The number of ether oxygens (including phenoxy) is 1. The monoisotopic (exact) mass is 445 g/mol. The lowest BCUT2D eigenvalue weighted by Crippen LogP contribution is -2.62. The number of nitrogens with one attached hydrogen (secondary N) is 1. The van der Waals surface area contributed by atoms with E-state index in [9.17, 15) is 25.1 Å². The first-order valence-corrected chi connectivity index (χ1v) is 10.7. The second kappa shape index (κ2) is 11.6. The fourth-order valence-electron chi connectivity index (χ4n) is 3.63. The SMILES string of the molecule is CCCN(CCC)c1ccc(/C(C)=C(\C#N)C(=O)N[C@H]2C(=O)O[C@H](CO)[C@@H](O)[C@@H]2O)cc1. The fraction of sp³-hybridized carbons (Fsp3) is 0.522. The Morgan fingerprint density at radius 1 is 1.16 bits per heavy atom. The summed E-state index contributed by atoms with van der Waals surface area (Å²) in [5, 5.41) is 41.1. The molecule has 9 heteroatoms. The second-order valence-corrected chi connectivity index (χ2v) is 7.74. The Kier molecular flexibility index (Phi) is 9.20. The van der Waals surface area contributed by atoms with Gasteiger partial charge in [-0.15, -0.1) is 0 Å². The van der Waals surface area contributed by atoms with Gasteiger partial charge in [0.15, 0.2) is 12.1 Å². The van der Waals surface area contributed by atoms with Crippen LogP contribution in [-0.2, 0) is 14.3 Å². The molecule has 1 heterocycles. The van der Waals surface area contributed by atoms with E-state index in [0.717, 1.165) is 31.6 Å². The Hall–Kier alpha value is -2.93. The van der Waals surface area contributed by atoms with Crippen molar-refractivity contribution in [3.8, 4) is 6.07 Å². The number of allylic oxidation sites excluding steroid dienone is 1. The molecule has 0 aromatic heterocycles. The van der Waals surface area contributed by atoms with Crippen LogP contribution >= 0.6 is 0 Å². The van der Waals surface area contributed by atoms with Crippen LogP contribution in [0, 0.1) is 11.3 Å². The number of anilines is 1. The lowest BCUT2D eigenvalue weighted by molar-refractivity contribution is -0.189. The molecule has 0 radical (unpaired) electrons. The maximum atomic E-state index is 12.7. The number of carbonyl (C=O) groups is 2. The molecule has 1 aliphatic heterocycles. The summed E-state index contributed by atoms with van der Waals surface area (Å²) in [6, 6.07) is 7.81. The quantitative estimate of drug-likeness (QED) is 0.248. The number of hydrogen-bond donors (Lipinski definition) is 4. The number of nitrogens with zero attached hydrogens (tertiary/aromatic N) is 2. The smallest absolute Gasteiger partial charge is 0.331 e. The van der Waals surface area contributed by atoms with Crippen LogP contribution in [0.25, 0.3) is 5.57 Å². The highest BCUT2D eigenvalue weighted by atomic mass is 16.6. The van der Waals surface area contributed by atoms with Crippen LogP contribution in [0.3, 0.4) is 0 Å². The zero-order valence-electron chi connectivity index (χ0n) is 18.6. The number of carbonyl (C=O) groups excluding carboxylic acids is 2. The van der Waals surface area contributed by atoms with E-state index in [-0.39, 0.29) is 5.57 Å². The van der Waals surface area contributed by atoms with Crippen molar-refractivity contribution in [1.29, 1.82) is 5.26 Å². The van der Waals surface area contributed by atoms with Crippen LogP contribution in [0.1, 0.15) is 39.2 Å². The maximum absolute atomic E-state index is 12.7. The van der Waals surface area contributed by atoms with Gasteiger partial charge in [0.1, 0.15) is 23.9 Å². The van der Waals surface area contributed by atoms with Gasteiger partial charge in [-0.25, -0.2) is 4.79 Å². The first kappa shape index (κ1) is 25.3. The van der Waals surface area contributed by atoms with E-state index in [0.29, 0.717) is 11.1 Å². The number of cyclic esters (lactones) is 1. The number of nitriles is 1. The summed E-state index contributed by atoms with van der Waals surface area (Å²) in [7, 11) is 0. The van der Waals surface area contributed by atoms with E-state index in [2.05, 4.69) is 24.1 Å². The van der Waals surface area contributed by atoms with Crippen molar-refractivity contribution >= 4 is 23.1 Å². The summed E-state index contributed by atoms with van der Waals surface area (Å²) in [6.45, 7) is 7.03. The van der Waals surface area contributed by atoms with Crippen LogP contribution in [-0.4, -0.2) is 71.2 Å². The number of amides is 1. The lowest BCUT2D eigenvalue weighted by atomic mass is 9.96. The molecule has 1 fully saturated rings. The molecule has 1 aromatic rings. The van der Waals surface area contributed by atoms with Crippen LogP contribution < -0.4 is 10.2 Å². The molecule has 1 aliphatic rings. The van der Waals surface area contributed by atoms with Gasteiger partial charge in [-0.3, -0.25) is 4.79 Å². The number of benzene rings is 1. The van der Waals surface area contributed by atoms with Crippen molar-refractivity contribution in [3.63, 3.8) is 0 Å². The third-order valence-electron chi connectivity index (χ3n) is 5.43. The average Bonchev–Trinajstić information content (AvgIpc) is 2.79. The predicted molar refractivity (Wildman–Crippen MR) is 118 cm³/mol. The molecule has 1 amide bonds. The highest BCUT2D eigenvalue weighted by Gasteiger charge is 2.45. The van der Waals surface area contributed by atoms with E-state index in [1.54, 1.807) is 6.92 Å². The van der Waals surface area contributed by atoms with Crippen LogP contribution in [0.15, 0.2) is 29.8 Å². The molecular formula is C23H31N3O6. The maximum Gasteiger partial charge on any atom is 0.331 e. The van der Waals surface area contributed by atoms with Gasteiger partial charge in [0, 0.05) is 18.8 Å². The average molecular weight is 446 g/mol.